The number of rotatable bonds is 5. The summed E-state index contributed by atoms with van der Waals surface area (Å²) in [6.07, 6.45) is 4.23. The van der Waals surface area contributed by atoms with Crippen molar-refractivity contribution in [2.24, 2.45) is 0 Å². The Morgan fingerprint density at radius 3 is 2.72 bits per heavy atom. The van der Waals surface area contributed by atoms with Gasteiger partial charge in [-0.05, 0) is 87.2 Å². The molecule has 0 aliphatic carbocycles. The van der Waals surface area contributed by atoms with Crippen LogP contribution in [0.5, 0.6) is 5.75 Å². The molecule has 0 bridgehead atoms. The monoisotopic (exact) mass is 391 g/mol. The zero-order valence-corrected chi connectivity index (χ0v) is 17.4. The molecule has 0 spiro atoms. The van der Waals surface area contributed by atoms with E-state index >= 15 is 0 Å². The van der Waals surface area contributed by atoms with Gasteiger partial charge in [0.1, 0.15) is 5.75 Å². The van der Waals surface area contributed by atoms with Crippen LogP contribution in [0.3, 0.4) is 0 Å². The van der Waals surface area contributed by atoms with Gasteiger partial charge in [0.05, 0.1) is 13.2 Å². The predicted molar refractivity (Wildman–Crippen MR) is 118 cm³/mol. The number of aryl methyl sites for hydroxylation is 1. The van der Waals surface area contributed by atoms with E-state index in [4.69, 9.17) is 4.74 Å². The minimum atomic E-state index is -0.139. The quantitative estimate of drug-likeness (QED) is 0.663. The molecular weight excluding hydrogens is 362 g/mol. The number of likely N-dealkylation sites (tertiary alicyclic amines) is 1. The number of carbonyl (C=O) groups is 1. The maximum Gasteiger partial charge on any atom is 0.241 e. The third kappa shape index (κ3) is 4.15. The summed E-state index contributed by atoms with van der Waals surface area (Å²) in [6, 6.07) is 14.0. The van der Waals surface area contributed by atoms with Crippen LogP contribution < -0.4 is 10.1 Å². The van der Waals surface area contributed by atoms with E-state index in [9.17, 15) is 4.79 Å². The van der Waals surface area contributed by atoms with Crippen LogP contribution in [0, 0.1) is 6.92 Å². The first-order chi connectivity index (χ1) is 14.0. The van der Waals surface area contributed by atoms with Gasteiger partial charge >= 0.3 is 0 Å². The highest BCUT2D eigenvalue weighted by atomic mass is 16.5. The third-order valence-electron chi connectivity index (χ3n) is 6.10. The number of anilines is 1. The summed E-state index contributed by atoms with van der Waals surface area (Å²) < 4.78 is 5.40. The van der Waals surface area contributed by atoms with Crippen molar-refractivity contribution in [1.29, 1.82) is 0 Å². The second-order valence-corrected chi connectivity index (χ2v) is 8.00. The molecule has 29 heavy (non-hydrogen) atoms. The van der Waals surface area contributed by atoms with E-state index in [1.165, 1.54) is 10.9 Å². The van der Waals surface area contributed by atoms with Gasteiger partial charge in [0.25, 0.3) is 0 Å². The Kier molecular flexibility index (Phi) is 5.58. The number of carbonyl (C=O) groups excluding carboxylic acids is 1. The molecule has 152 valence electrons. The van der Waals surface area contributed by atoms with Gasteiger partial charge in [-0.25, -0.2) is 0 Å². The van der Waals surface area contributed by atoms with Crippen LogP contribution in [-0.4, -0.2) is 42.0 Å². The highest BCUT2D eigenvalue weighted by Crippen LogP contribution is 2.35. The summed E-state index contributed by atoms with van der Waals surface area (Å²) in [5.74, 6) is 1.45. The fraction of sp³-hybridized carbons (Fsp3) is 0.375. The summed E-state index contributed by atoms with van der Waals surface area (Å²) in [5.41, 5.74) is 4.51. The molecule has 1 saturated heterocycles. The van der Waals surface area contributed by atoms with E-state index in [2.05, 4.69) is 33.5 Å². The summed E-state index contributed by atoms with van der Waals surface area (Å²) in [7, 11) is 1.70. The first-order valence-electron chi connectivity index (χ1n) is 10.3. The lowest BCUT2D eigenvalue weighted by Gasteiger charge is -2.35. The molecular formula is C24H29N3O2. The lowest BCUT2D eigenvalue weighted by atomic mass is 9.88. The molecule has 1 aliphatic rings. The van der Waals surface area contributed by atoms with Gasteiger partial charge in [0, 0.05) is 22.8 Å². The Hall–Kier alpha value is -2.79. The molecule has 1 atom stereocenters. The second-order valence-electron chi connectivity index (χ2n) is 8.00. The number of amides is 1. The maximum absolute atomic E-state index is 12.7. The van der Waals surface area contributed by atoms with Crippen LogP contribution in [0.4, 0.5) is 5.69 Å². The number of methoxy groups -OCH3 is 1. The van der Waals surface area contributed by atoms with Crippen molar-refractivity contribution in [3.63, 3.8) is 0 Å². The van der Waals surface area contributed by atoms with E-state index in [-0.39, 0.29) is 11.9 Å². The molecule has 1 amide bonds. The van der Waals surface area contributed by atoms with Crippen molar-refractivity contribution >= 4 is 22.5 Å². The number of hydrogen-bond donors (Lipinski definition) is 2. The van der Waals surface area contributed by atoms with Gasteiger partial charge in [0.15, 0.2) is 0 Å². The van der Waals surface area contributed by atoms with Crippen LogP contribution in [0.2, 0.25) is 0 Å². The molecule has 3 aromatic rings. The maximum atomic E-state index is 12.7. The molecule has 0 saturated carbocycles. The van der Waals surface area contributed by atoms with Crippen molar-refractivity contribution < 1.29 is 9.53 Å². The highest BCUT2D eigenvalue weighted by molar-refractivity contribution is 5.94. The van der Waals surface area contributed by atoms with Crippen LogP contribution >= 0.6 is 0 Å². The molecule has 1 unspecified atom stereocenters. The first-order valence-corrected chi connectivity index (χ1v) is 10.3. The summed E-state index contributed by atoms with van der Waals surface area (Å²) in [6.45, 7) is 5.87. The molecule has 0 radical (unpaired) electrons. The van der Waals surface area contributed by atoms with Crippen molar-refractivity contribution in [2.45, 2.75) is 38.6 Å². The highest BCUT2D eigenvalue weighted by Gasteiger charge is 2.28. The van der Waals surface area contributed by atoms with Crippen LogP contribution in [0.15, 0.2) is 48.7 Å². The van der Waals surface area contributed by atoms with E-state index in [1.54, 1.807) is 7.11 Å². The zero-order chi connectivity index (χ0) is 20.4. The summed E-state index contributed by atoms with van der Waals surface area (Å²) >= 11 is 0. The lowest BCUT2D eigenvalue weighted by molar-refractivity contribution is -0.121. The summed E-state index contributed by atoms with van der Waals surface area (Å²) in [5, 5.41) is 4.30. The number of nitrogens with zero attached hydrogens (tertiary/aromatic N) is 1. The fourth-order valence-electron chi connectivity index (χ4n) is 4.32. The normalized spacial score (nSPS) is 16.7. The number of ether oxygens (including phenoxy) is 1. The molecule has 1 aromatic heterocycles. The van der Waals surface area contributed by atoms with Gasteiger partial charge in [0.2, 0.25) is 5.91 Å². The van der Waals surface area contributed by atoms with Gasteiger partial charge in [-0.1, -0.05) is 12.1 Å². The lowest BCUT2D eigenvalue weighted by Crippen LogP contribution is -2.45. The predicted octanol–water partition coefficient (Wildman–Crippen LogP) is 4.69. The largest absolute Gasteiger partial charge is 0.497 e. The molecule has 5 heteroatoms. The van der Waals surface area contributed by atoms with E-state index < -0.39 is 0 Å². The minimum absolute atomic E-state index is 0.0610. The van der Waals surface area contributed by atoms with E-state index in [1.807, 2.05) is 44.2 Å². The number of benzene rings is 2. The number of aromatic amines is 1. The van der Waals surface area contributed by atoms with E-state index in [0.717, 1.165) is 48.4 Å². The Labute approximate surface area is 172 Å². The number of H-pyrrole nitrogens is 1. The summed E-state index contributed by atoms with van der Waals surface area (Å²) in [4.78, 5) is 18.4. The first kappa shape index (κ1) is 19.5. The average molecular weight is 392 g/mol. The zero-order valence-electron chi connectivity index (χ0n) is 17.4. The Morgan fingerprint density at radius 1 is 1.21 bits per heavy atom. The molecule has 5 nitrogen and oxygen atoms in total. The number of hydrogen-bond acceptors (Lipinski definition) is 3. The fourth-order valence-corrected chi connectivity index (χ4v) is 4.32. The molecule has 2 aromatic carbocycles. The van der Waals surface area contributed by atoms with Crippen LogP contribution in [0.25, 0.3) is 10.9 Å². The van der Waals surface area contributed by atoms with Gasteiger partial charge in [-0.2, -0.15) is 0 Å². The SMILES string of the molecule is COc1ccc2[nH]cc(C3CCN(C(C)C(=O)Nc4cccc(C)c4)CC3)c2c1. The number of fused-ring (bicyclic) bond motifs is 1. The Bertz CT molecular complexity index is 1000. The van der Waals surface area contributed by atoms with Crippen molar-refractivity contribution in [2.75, 3.05) is 25.5 Å². The third-order valence-corrected chi connectivity index (χ3v) is 6.10. The molecule has 2 N–H and O–H groups in total. The van der Waals surface area contributed by atoms with Crippen LogP contribution in [-0.2, 0) is 4.79 Å². The van der Waals surface area contributed by atoms with E-state index in [0.29, 0.717) is 5.92 Å². The Morgan fingerprint density at radius 2 is 2.00 bits per heavy atom. The number of piperidine rings is 1. The second kappa shape index (κ2) is 8.29. The number of aromatic nitrogens is 1. The molecule has 1 aliphatic heterocycles. The van der Waals surface area contributed by atoms with Crippen molar-refractivity contribution in [3.8, 4) is 5.75 Å². The van der Waals surface area contributed by atoms with Gasteiger partial charge in [-0.3, -0.25) is 9.69 Å². The average Bonchev–Trinajstić information content (AvgIpc) is 3.16. The molecule has 2 heterocycles. The Balaban J connectivity index is 1.39. The smallest absolute Gasteiger partial charge is 0.241 e. The molecule has 4 rings (SSSR count). The standard InChI is InChI=1S/C24H29N3O2/c1-16-5-4-6-19(13-16)26-24(28)17(2)27-11-9-18(10-12-27)22-15-25-23-8-7-20(29-3)14-21(22)23/h4-8,13-15,17-18,25H,9-12H2,1-3H3,(H,26,28). The van der Waals surface area contributed by atoms with Crippen molar-refractivity contribution in [1.82, 2.24) is 9.88 Å². The molecule has 1 fully saturated rings. The number of nitrogens with one attached hydrogen (secondary N) is 2. The van der Waals surface area contributed by atoms with Gasteiger partial charge in [-0.15, -0.1) is 0 Å². The van der Waals surface area contributed by atoms with Crippen LogP contribution in [0.1, 0.15) is 36.8 Å². The van der Waals surface area contributed by atoms with Gasteiger partial charge < -0.3 is 15.0 Å². The minimum Gasteiger partial charge on any atom is -0.497 e. The van der Waals surface area contributed by atoms with Crippen molar-refractivity contribution in [3.05, 3.63) is 59.8 Å². The topological polar surface area (TPSA) is 57.4 Å².